The van der Waals surface area contributed by atoms with Gasteiger partial charge in [0.25, 0.3) is 0 Å². The van der Waals surface area contributed by atoms with E-state index in [0.29, 0.717) is 0 Å². The summed E-state index contributed by atoms with van der Waals surface area (Å²) in [5.74, 6) is -0.869. The van der Waals surface area contributed by atoms with Crippen LogP contribution in [0.4, 0.5) is 30.2 Å². The van der Waals surface area contributed by atoms with Crippen molar-refractivity contribution in [1.29, 1.82) is 0 Å². The summed E-state index contributed by atoms with van der Waals surface area (Å²) >= 11 is 0. The van der Waals surface area contributed by atoms with Crippen LogP contribution in [-0.4, -0.2) is 0 Å². The molecule has 2 aliphatic carbocycles. The minimum atomic E-state index is -0.810. The molecule has 336 valence electrons. The molecule has 70 heavy (non-hydrogen) atoms. The fourth-order valence-electron chi connectivity index (χ4n) is 11.5. The lowest BCUT2D eigenvalue weighted by Crippen LogP contribution is -2.29. The molecule has 12 rings (SSSR count). The van der Waals surface area contributed by atoms with Crippen LogP contribution >= 0.6 is 0 Å². The van der Waals surface area contributed by atoms with Crippen LogP contribution in [0.3, 0.4) is 0 Å². The molecule has 2 atom stereocenters. The van der Waals surface area contributed by atoms with Crippen LogP contribution in [0.25, 0.3) is 39.5 Å². The van der Waals surface area contributed by atoms with Crippen LogP contribution in [0.1, 0.15) is 62.6 Å². The maximum atomic E-state index is 15.0. The van der Waals surface area contributed by atoms with Crippen molar-refractivity contribution in [3.63, 3.8) is 0 Å². The molecule has 0 saturated heterocycles. The van der Waals surface area contributed by atoms with Crippen molar-refractivity contribution in [3.8, 4) is 33.4 Å². The van der Waals surface area contributed by atoms with Crippen LogP contribution in [0.15, 0.2) is 237 Å². The van der Waals surface area contributed by atoms with E-state index < -0.39 is 10.8 Å². The van der Waals surface area contributed by atoms with Gasteiger partial charge in [0, 0.05) is 17.1 Å². The number of hydrogen-bond acceptors (Lipinski definition) is 1. The Kier molecular flexibility index (Phi) is 10.4. The Bertz CT molecular complexity index is 3600. The Morgan fingerprint density at radius 3 is 1.17 bits per heavy atom. The average molecular weight is 910 g/mol. The van der Waals surface area contributed by atoms with E-state index in [1.54, 1.807) is 36.4 Å². The van der Waals surface area contributed by atoms with Gasteiger partial charge < -0.3 is 4.90 Å². The zero-order valence-corrected chi connectivity index (χ0v) is 38.5. The molecule has 1 nitrogen and oxygen atoms in total. The predicted molar refractivity (Wildman–Crippen MR) is 281 cm³/mol. The number of benzene rings is 10. The Balaban J connectivity index is 1.13. The molecule has 0 aliphatic heterocycles. The Labute approximate surface area is 407 Å². The zero-order valence-electron chi connectivity index (χ0n) is 38.5. The highest BCUT2D eigenvalue weighted by molar-refractivity contribution is 5.92. The molecule has 10 aromatic carbocycles. The van der Waals surface area contributed by atoms with Gasteiger partial charge in [0.15, 0.2) is 0 Å². The lowest BCUT2D eigenvalue weighted by Gasteiger charge is -2.36. The van der Waals surface area contributed by atoms with E-state index in [2.05, 4.69) is 176 Å². The molecule has 4 heteroatoms. The quantitative estimate of drug-likeness (QED) is 0.132. The fraction of sp³-hybridized carbons (Fsp3) is 0.0606. The van der Waals surface area contributed by atoms with Gasteiger partial charge in [-0.15, -0.1) is 0 Å². The highest BCUT2D eigenvalue weighted by atomic mass is 19.1. The summed E-state index contributed by atoms with van der Waals surface area (Å²) in [7, 11) is 0. The largest absolute Gasteiger partial charge is 0.310 e. The zero-order chi connectivity index (χ0) is 47.6. The first-order chi connectivity index (χ1) is 34.3. The van der Waals surface area contributed by atoms with Crippen LogP contribution in [0, 0.1) is 17.5 Å². The number of rotatable bonds is 10. The standard InChI is InChI=1S/C66H46F3N/c1-3-43-13-21-47(22-14-43)65(49-25-31-52(68)32-26-49)61-11-7-5-9-57(61)59-39-37-55(41-63(59)65)70(54-35-19-46(20-36-54)45-17-29-51(67)30-18-45)56-38-40-60-58-10-6-8-12-62(58)66(64(60)42-56,50-27-33-53(69)34-28-50)48-23-15-44(4-2)16-24-48/h3,5-42H,1,4H2,2H3. The molecule has 0 bridgehead atoms. The second-order valence-corrected chi connectivity index (χ2v) is 18.3. The Hall–Kier alpha value is -8.47. The number of nitrogens with zero attached hydrogens (tertiary/aromatic N) is 1. The van der Waals surface area contributed by atoms with E-state index in [4.69, 9.17) is 0 Å². The smallest absolute Gasteiger partial charge is 0.123 e. The van der Waals surface area contributed by atoms with E-state index in [0.717, 1.165) is 107 Å². The maximum Gasteiger partial charge on any atom is 0.123 e. The highest BCUT2D eigenvalue weighted by Gasteiger charge is 2.48. The molecule has 2 aliphatic rings. The first kappa shape index (κ1) is 42.9. The molecule has 0 fully saturated rings. The Morgan fingerprint density at radius 2 is 0.743 bits per heavy atom. The first-order valence-electron chi connectivity index (χ1n) is 23.8. The van der Waals surface area contributed by atoms with Crippen LogP contribution in [-0.2, 0) is 17.3 Å². The molecular weight excluding hydrogens is 864 g/mol. The van der Waals surface area contributed by atoms with Crippen molar-refractivity contribution in [2.75, 3.05) is 4.90 Å². The molecule has 2 unspecified atom stereocenters. The van der Waals surface area contributed by atoms with Gasteiger partial charge in [0.1, 0.15) is 17.5 Å². The van der Waals surface area contributed by atoms with Gasteiger partial charge in [0.2, 0.25) is 0 Å². The summed E-state index contributed by atoms with van der Waals surface area (Å²) in [6, 6.07) is 77.0. The molecule has 0 amide bonds. The lowest BCUT2D eigenvalue weighted by molar-refractivity contribution is 0.624. The topological polar surface area (TPSA) is 3.24 Å². The number of hydrogen-bond donors (Lipinski definition) is 0. The van der Waals surface area contributed by atoms with Gasteiger partial charge in [0.05, 0.1) is 10.8 Å². The molecule has 0 aromatic heterocycles. The van der Waals surface area contributed by atoms with E-state index in [9.17, 15) is 13.2 Å². The normalized spacial score (nSPS) is 16.2. The van der Waals surface area contributed by atoms with Crippen LogP contribution in [0.5, 0.6) is 0 Å². The molecule has 0 spiro atoms. The van der Waals surface area contributed by atoms with Gasteiger partial charge in [-0.05, 0) is 168 Å². The van der Waals surface area contributed by atoms with Gasteiger partial charge in [-0.25, -0.2) is 13.2 Å². The summed E-state index contributed by atoms with van der Waals surface area (Å²) in [5, 5.41) is 0. The fourth-order valence-corrected chi connectivity index (χ4v) is 11.5. The monoisotopic (exact) mass is 909 g/mol. The minimum Gasteiger partial charge on any atom is -0.310 e. The maximum absolute atomic E-state index is 15.0. The summed E-state index contributed by atoms with van der Waals surface area (Å²) in [6.45, 7) is 6.20. The van der Waals surface area contributed by atoms with Crippen LogP contribution < -0.4 is 4.90 Å². The van der Waals surface area contributed by atoms with Crippen molar-refractivity contribution in [2.24, 2.45) is 0 Å². The van der Waals surface area contributed by atoms with E-state index in [-0.39, 0.29) is 17.5 Å². The summed E-state index contributed by atoms with van der Waals surface area (Å²) in [4.78, 5) is 2.31. The molecule has 0 N–H and O–H groups in total. The molecule has 0 saturated carbocycles. The Morgan fingerprint density at radius 1 is 0.386 bits per heavy atom. The molecule has 0 heterocycles. The summed E-state index contributed by atoms with van der Waals surface area (Å²) in [5.41, 5.74) is 18.2. The van der Waals surface area contributed by atoms with Gasteiger partial charge in [-0.3, -0.25) is 0 Å². The van der Waals surface area contributed by atoms with Crippen molar-refractivity contribution >= 4 is 23.1 Å². The average Bonchev–Trinajstić information content (AvgIpc) is 3.87. The summed E-state index contributed by atoms with van der Waals surface area (Å²) < 4.78 is 44.0. The second kappa shape index (κ2) is 16.9. The number of halogens is 3. The van der Waals surface area contributed by atoms with Gasteiger partial charge in [-0.2, -0.15) is 0 Å². The second-order valence-electron chi connectivity index (χ2n) is 18.3. The van der Waals surface area contributed by atoms with Crippen molar-refractivity contribution in [1.82, 2.24) is 0 Å². The van der Waals surface area contributed by atoms with Crippen molar-refractivity contribution < 1.29 is 13.2 Å². The third-order valence-electron chi connectivity index (χ3n) is 14.8. The first-order valence-corrected chi connectivity index (χ1v) is 23.8. The highest BCUT2D eigenvalue weighted by Crippen LogP contribution is 2.59. The molecular formula is C66H46F3N. The lowest BCUT2D eigenvalue weighted by atomic mass is 9.67. The third kappa shape index (κ3) is 6.62. The van der Waals surface area contributed by atoms with Gasteiger partial charge in [-0.1, -0.05) is 177 Å². The van der Waals surface area contributed by atoms with Crippen LogP contribution in [0.2, 0.25) is 0 Å². The minimum absolute atomic E-state index is 0.282. The van der Waals surface area contributed by atoms with E-state index in [1.165, 1.54) is 17.7 Å². The van der Waals surface area contributed by atoms with Crippen molar-refractivity contribution in [2.45, 2.75) is 24.2 Å². The number of fused-ring (bicyclic) bond motifs is 6. The van der Waals surface area contributed by atoms with E-state index >= 15 is 0 Å². The van der Waals surface area contributed by atoms with E-state index in [1.807, 2.05) is 30.3 Å². The molecule has 10 aromatic rings. The predicted octanol–water partition coefficient (Wildman–Crippen LogP) is 17.2. The number of aryl methyl sites for hydroxylation is 1. The SMILES string of the molecule is C=Cc1ccc(C2(c3ccc(F)cc3)c3ccccc3-c3ccc(N(c4ccc(-c5ccc(F)cc5)cc4)c4ccc5c(c4)C(c4ccc(F)cc4)(c4ccc(CC)cc4)c4ccccc4-5)cc32)cc1. The van der Waals surface area contributed by atoms with Gasteiger partial charge >= 0.3 is 0 Å². The third-order valence-corrected chi connectivity index (χ3v) is 14.8. The van der Waals surface area contributed by atoms with Crippen molar-refractivity contribution in [3.05, 3.63) is 310 Å². The molecule has 0 radical (unpaired) electrons. The number of anilines is 3. The summed E-state index contributed by atoms with van der Waals surface area (Å²) in [6.07, 6.45) is 2.76.